The SMILES string of the molecule is C/C=C\c1ccc2n(c1=O)C[C@H]1[C@H](CO)[C@@H](C(=O)NCc3ccccc3)N(CCC(F)(F)F)[C@@H]21. The van der Waals surface area contributed by atoms with Gasteiger partial charge >= 0.3 is 6.18 Å². The number of aliphatic hydroxyl groups excluding tert-OH is 1. The third kappa shape index (κ3) is 4.67. The van der Waals surface area contributed by atoms with E-state index < -0.39 is 43.1 Å². The first kappa shape index (κ1) is 24.2. The molecule has 3 heterocycles. The van der Waals surface area contributed by atoms with E-state index in [0.29, 0.717) is 11.3 Å². The Hall–Kier alpha value is -2.91. The van der Waals surface area contributed by atoms with Gasteiger partial charge in [-0.1, -0.05) is 42.5 Å². The molecule has 2 aliphatic heterocycles. The van der Waals surface area contributed by atoms with Crippen LogP contribution in [0, 0.1) is 11.8 Å². The number of benzene rings is 1. The zero-order valence-electron chi connectivity index (χ0n) is 18.8. The lowest BCUT2D eigenvalue weighted by atomic mass is 9.88. The van der Waals surface area contributed by atoms with E-state index in [0.717, 1.165) is 5.56 Å². The Labute approximate surface area is 195 Å². The Morgan fingerprint density at radius 3 is 2.59 bits per heavy atom. The van der Waals surface area contributed by atoms with E-state index in [-0.39, 0.29) is 31.2 Å². The molecule has 1 amide bonds. The second-order valence-corrected chi connectivity index (χ2v) is 8.84. The number of carbonyl (C=O) groups excluding carboxylic acids is 1. The summed E-state index contributed by atoms with van der Waals surface area (Å²) in [5.74, 6) is -1.36. The quantitative estimate of drug-likeness (QED) is 0.646. The molecule has 4 atom stereocenters. The van der Waals surface area contributed by atoms with E-state index in [1.807, 2.05) is 30.3 Å². The number of carbonyl (C=O) groups is 1. The molecule has 9 heteroatoms. The van der Waals surface area contributed by atoms with E-state index in [4.69, 9.17) is 0 Å². The molecule has 0 radical (unpaired) electrons. The van der Waals surface area contributed by atoms with Gasteiger partial charge in [-0.05, 0) is 24.6 Å². The molecule has 34 heavy (non-hydrogen) atoms. The van der Waals surface area contributed by atoms with Crippen LogP contribution < -0.4 is 10.9 Å². The van der Waals surface area contributed by atoms with Crippen molar-refractivity contribution in [2.45, 2.75) is 44.7 Å². The van der Waals surface area contributed by atoms with Crippen LogP contribution in [0.15, 0.2) is 53.3 Å². The number of likely N-dealkylation sites (tertiary alicyclic amines) is 1. The topological polar surface area (TPSA) is 74.6 Å². The summed E-state index contributed by atoms with van der Waals surface area (Å²) < 4.78 is 41.1. The van der Waals surface area contributed by atoms with Crippen molar-refractivity contribution in [2.75, 3.05) is 13.2 Å². The molecule has 0 bridgehead atoms. The monoisotopic (exact) mass is 475 g/mol. The van der Waals surface area contributed by atoms with Gasteiger partial charge in [0.1, 0.15) is 0 Å². The maximum absolute atomic E-state index is 13.2. The van der Waals surface area contributed by atoms with Crippen molar-refractivity contribution in [1.29, 1.82) is 0 Å². The van der Waals surface area contributed by atoms with Gasteiger partial charge in [-0.2, -0.15) is 13.2 Å². The standard InChI is InChI=1S/C25H28F3N3O3/c1-2-6-17-9-10-20-21-18(14-31(20)24(17)34)19(15-32)22(30(21)12-11-25(26,27)28)23(33)29-13-16-7-4-3-5-8-16/h2-10,18-19,21-22,32H,11-15H2,1H3,(H,29,33)/b6-2-/t18-,19-,21+,22-/m0/s1. The molecule has 0 aliphatic carbocycles. The third-order valence-electron chi connectivity index (χ3n) is 6.80. The molecule has 1 aromatic heterocycles. The number of hydrogen-bond donors (Lipinski definition) is 2. The van der Waals surface area contributed by atoms with Crippen LogP contribution in [0.4, 0.5) is 13.2 Å². The van der Waals surface area contributed by atoms with Crippen LogP contribution in [0.1, 0.15) is 36.2 Å². The van der Waals surface area contributed by atoms with Gasteiger partial charge in [0.2, 0.25) is 5.91 Å². The number of aliphatic hydroxyl groups is 1. The second kappa shape index (κ2) is 9.76. The predicted molar refractivity (Wildman–Crippen MR) is 122 cm³/mol. The number of fused-ring (bicyclic) bond motifs is 3. The number of hydrogen-bond acceptors (Lipinski definition) is 4. The molecule has 182 valence electrons. The number of pyridine rings is 1. The fourth-order valence-corrected chi connectivity index (χ4v) is 5.33. The van der Waals surface area contributed by atoms with Crippen LogP contribution in [0.2, 0.25) is 0 Å². The molecule has 1 saturated heterocycles. The van der Waals surface area contributed by atoms with Crippen LogP contribution >= 0.6 is 0 Å². The molecule has 0 saturated carbocycles. The number of rotatable bonds is 7. The van der Waals surface area contributed by atoms with Crippen LogP contribution in [-0.4, -0.2) is 45.9 Å². The minimum atomic E-state index is -4.40. The molecule has 1 fully saturated rings. The first-order valence-electron chi connectivity index (χ1n) is 11.4. The van der Waals surface area contributed by atoms with Crippen molar-refractivity contribution < 1.29 is 23.1 Å². The average molecular weight is 476 g/mol. The summed E-state index contributed by atoms with van der Waals surface area (Å²) in [6.45, 7) is 1.53. The Kier molecular flexibility index (Phi) is 6.95. The highest BCUT2D eigenvalue weighted by Gasteiger charge is 2.55. The number of allylic oxidation sites excluding steroid dienone is 1. The predicted octanol–water partition coefficient (Wildman–Crippen LogP) is 3.11. The highest BCUT2D eigenvalue weighted by Crippen LogP contribution is 2.49. The Morgan fingerprint density at radius 2 is 1.94 bits per heavy atom. The maximum atomic E-state index is 13.2. The third-order valence-corrected chi connectivity index (χ3v) is 6.80. The molecular formula is C25H28F3N3O3. The summed E-state index contributed by atoms with van der Waals surface area (Å²) >= 11 is 0. The highest BCUT2D eigenvalue weighted by molar-refractivity contribution is 5.82. The Morgan fingerprint density at radius 1 is 1.21 bits per heavy atom. The summed E-state index contributed by atoms with van der Waals surface area (Å²) in [5.41, 5.74) is 1.72. The van der Waals surface area contributed by atoms with Gasteiger partial charge in [0.15, 0.2) is 0 Å². The second-order valence-electron chi connectivity index (χ2n) is 8.84. The number of amides is 1. The Bertz CT molecular complexity index is 1110. The van der Waals surface area contributed by atoms with Crippen LogP contribution in [0.3, 0.4) is 0 Å². The van der Waals surface area contributed by atoms with Crippen molar-refractivity contribution in [3.8, 4) is 0 Å². The van der Waals surface area contributed by atoms with Crippen LogP contribution in [-0.2, 0) is 17.9 Å². The summed E-state index contributed by atoms with van der Waals surface area (Å²) in [5, 5.41) is 13.1. The van der Waals surface area contributed by atoms with Gasteiger partial charge in [-0.15, -0.1) is 0 Å². The minimum Gasteiger partial charge on any atom is -0.396 e. The smallest absolute Gasteiger partial charge is 0.390 e. The van der Waals surface area contributed by atoms with Crippen molar-refractivity contribution in [3.63, 3.8) is 0 Å². The molecule has 2 aromatic rings. The molecule has 6 nitrogen and oxygen atoms in total. The fraction of sp³-hybridized carbons (Fsp3) is 0.440. The van der Waals surface area contributed by atoms with Crippen molar-refractivity contribution in [2.24, 2.45) is 11.8 Å². The zero-order valence-corrected chi connectivity index (χ0v) is 18.8. The summed E-state index contributed by atoms with van der Waals surface area (Å²) in [6.07, 6.45) is -2.04. The van der Waals surface area contributed by atoms with E-state index >= 15 is 0 Å². The zero-order chi connectivity index (χ0) is 24.5. The molecule has 1 aromatic carbocycles. The maximum Gasteiger partial charge on any atom is 0.390 e. The highest BCUT2D eigenvalue weighted by atomic mass is 19.4. The molecule has 2 aliphatic rings. The number of nitrogens with one attached hydrogen (secondary N) is 1. The van der Waals surface area contributed by atoms with Gasteiger partial charge in [0, 0.05) is 49.3 Å². The molecule has 0 unspecified atom stereocenters. The van der Waals surface area contributed by atoms with Crippen molar-refractivity contribution >= 4 is 12.0 Å². The number of alkyl halides is 3. The van der Waals surface area contributed by atoms with E-state index in [9.17, 15) is 27.9 Å². The molecule has 4 rings (SSSR count). The summed E-state index contributed by atoms with van der Waals surface area (Å²) in [6, 6.07) is 11.2. The first-order chi connectivity index (χ1) is 16.2. The normalized spacial score (nSPS) is 24.4. The van der Waals surface area contributed by atoms with Gasteiger partial charge in [-0.3, -0.25) is 14.5 Å². The largest absolute Gasteiger partial charge is 0.396 e. The van der Waals surface area contributed by atoms with E-state index in [2.05, 4.69) is 5.32 Å². The van der Waals surface area contributed by atoms with Gasteiger partial charge < -0.3 is 15.0 Å². The van der Waals surface area contributed by atoms with Gasteiger partial charge in [0.05, 0.1) is 18.5 Å². The molecule has 0 spiro atoms. The number of nitrogens with zero attached hydrogens (tertiary/aromatic N) is 2. The van der Waals surface area contributed by atoms with Crippen LogP contribution in [0.25, 0.3) is 6.08 Å². The molecular weight excluding hydrogens is 447 g/mol. The lowest BCUT2D eigenvalue weighted by Crippen LogP contribution is -2.49. The van der Waals surface area contributed by atoms with E-state index in [1.165, 1.54) is 4.90 Å². The van der Waals surface area contributed by atoms with Gasteiger partial charge in [0.25, 0.3) is 5.56 Å². The fourth-order valence-electron chi connectivity index (χ4n) is 5.33. The van der Waals surface area contributed by atoms with Crippen molar-refractivity contribution in [1.82, 2.24) is 14.8 Å². The lowest BCUT2D eigenvalue weighted by Gasteiger charge is -2.31. The Balaban J connectivity index is 1.67. The summed E-state index contributed by atoms with van der Waals surface area (Å²) in [4.78, 5) is 27.7. The average Bonchev–Trinajstić information content (AvgIpc) is 3.33. The summed E-state index contributed by atoms with van der Waals surface area (Å²) in [7, 11) is 0. The molecule has 2 N–H and O–H groups in total. The number of aromatic nitrogens is 1. The first-order valence-corrected chi connectivity index (χ1v) is 11.4. The van der Waals surface area contributed by atoms with Gasteiger partial charge in [-0.25, -0.2) is 0 Å². The lowest BCUT2D eigenvalue weighted by molar-refractivity contribution is -0.143. The van der Waals surface area contributed by atoms with Crippen LogP contribution in [0.5, 0.6) is 0 Å². The van der Waals surface area contributed by atoms with E-state index in [1.54, 1.807) is 35.8 Å². The minimum absolute atomic E-state index is 0.220. The van der Waals surface area contributed by atoms with Crippen molar-refractivity contribution in [3.05, 3.63) is 75.7 Å². The number of halogens is 3.